The minimum Gasteiger partial charge on any atom is -0.493 e. The molecule has 0 aliphatic carbocycles. The Kier molecular flexibility index (Phi) is 5.29. The van der Waals surface area contributed by atoms with Gasteiger partial charge in [-0.15, -0.1) is 0 Å². The Balaban J connectivity index is 2.46. The summed E-state index contributed by atoms with van der Waals surface area (Å²) in [4.78, 5) is 0. The van der Waals surface area contributed by atoms with Crippen LogP contribution >= 0.6 is 22.9 Å². The molecule has 0 saturated heterocycles. The quantitative estimate of drug-likeness (QED) is 0.870. The summed E-state index contributed by atoms with van der Waals surface area (Å²) in [6.45, 7) is 2.95. The standard InChI is InChI=1S/C15H18ClNO2S/c1-4-17-14(10-5-6-20-9-10)11-7-12(16)15(19-3)13(8-11)18-2/h5-9,14,17H,4H2,1-3H3. The fourth-order valence-electron chi connectivity index (χ4n) is 2.18. The zero-order chi connectivity index (χ0) is 14.5. The van der Waals surface area contributed by atoms with E-state index in [-0.39, 0.29) is 6.04 Å². The molecule has 0 radical (unpaired) electrons. The van der Waals surface area contributed by atoms with Crippen molar-refractivity contribution in [3.63, 3.8) is 0 Å². The van der Waals surface area contributed by atoms with Crippen LogP contribution in [0.2, 0.25) is 5.02 Å². The molecule has 1 N–H and O–H groups in total. The molecule has 0 aliphatic heterocycles. The highest BCUT2D eigenvalue weighted by molar-refractivity contribution is 7.08. The van der Waals surface area contributed by atoms with Crippen LogP contribution in [0.15, 0.2) is 29.0 Å². The van der Waals surface area contributed by atoms with Crippen molar-refractivity contribution in [2.45, 2.75) is 13.0 Å². The molecule has 2 aromatic rings. The van der Waals surface area contributed by atoms with Gasteiger partial charge in [-0.3, -0.25) is 0 Å². The highest BCUT2D eigenvalue weighted by Gasteiger charge is 2.18. The fraction of sp³-hybridized carbons (Fsp3) is 0.333. The van der Waals surface area contributed by atoms with Gasteiger partial charge in [-0.05, 0) is 46.6 Å². The van der Waals surface area contributed by atoms with Crippen LogP contribution in [-0.4, -0.2) is 20.8 Å². The average Bonchev–Trinajstić information content (AvgIpc) is 2.97. The summed E-state index contributed by atoms with van der Waals surface area (Å²) in [5.74, 6) is 1.21. The van der Waals surface area contributed by atoms with E-state index in [1.54, 1.807) is 25.6 Å². The van der Waals surface area contributed by atoms with Crippen LogP contribution in [0.5, 0.6) is 11.5 Å². The van der Waals surface area contributed by atoms with E-state index in [4.69, 9.17) is 21.1 Å². The van der Waals surface area contributed by atoms with Gasteiger partial charge in [0.1, 0.15) is 0 Å². The molecular formula is C15H18ClNO2S. The average molecular weight is 312 g/mol. The van der Waals surface area contributed by atoms with Gasteiger partial charge in [0.2, 0.25) is 0 Å². The van der Waals surface area contributed by atoms with Crippen molar-refractivity contribution in [1.29, 1.82) is 0 Å². The van der Waals surface area contributed by atoms with Gasteiger partial charge in [-0.2, -0.15) is 11.3 Å². The molecule has 0 spiro atoms. The third-order valence-corrected chi connectivity index (χ3v) is 4.06. The van der Waals surface area contributed by atoms with E-state index in [0.717, 1.165) is 12.1 Å². The second-order valence-electron chi connectivity index (χ2n) is 4.29. The molecule has 1 heterocycles. The van der Waals surface area contributed by atoms with Gasteiger partial charge >= 0.3 is 0 Å². The van der Waals surface area contributed by atoms with E-state index in [9.17, 15) is 0 Å². The number of thiophene rings is 1. The molecule has 1 aromatic heterocycles. The number of halogens is 1. The SMILES string of the molecule is CCNC(c1ccsc1)c1cc(Cl)c(OC)c(OC)c1. The smallest absolute Gasteiger partial charge is 0.179 e. The molecule has 20 heavy (non-hydrogen) atoms. The first-order chi connectivity index (χ1) is 9.71. The Morgan fingerprint density at radius 3 is 2.60 bits per heavy atom. The highest BCUT2D eigenvalue weighted by atomic mass is 35.5. The number of hydrogen-bond donors (Lipinski definition) is 1. The number of nitrogens with one attached hydrogen (secondary N) is 1. The number of methoxy groups -OCH3 is 2. The maximum absolute atomic E-state index is 6.29. The van der Waals surface area contributed by atoms with Gasteiger partial charge < -0.3 is 14.8 Å². The van der Waals surface area contributed by atoms with Crippen molar-refractivity contribution >= 4 is 22.9 Å². The van der Waals surface area contributed by atoms with Gasteiger partial charge in [-0.1, -0.05) is 18.5 Å². The molecule has 1 aromatic carbocycles. The normalized spacial score (nSPS) is 12.2. The Labute approximate surface area is 128 Å². The summed E-state index contributed by atoms with van der Waals surface area (Å²) < 4.78 is 10.6. The summed E-state index contributed by atoms with van der Waals surface area (Å²) in [6, 6.07) is 6.11. The van der Waals surface area contributed by atoms with E-state index in [0.29, 0.717) is 16.5 Å². The van der Waals surface area contributed by atoms with Gasteiger partial charge in [0.15, 0.2) is 11.5 Å². The van der Waals surface area contributed by atoms with E-state index in [1.165, 1.54) is 5.56 Å². The minimum atomic E-state index is 0.101. The largest absolute Gasteiger partial charge is 0.493 e. The van der Waals surface area contributed by atoms with Crippen LogP contribution in [0, 0.1) is 0 Å². The predicted octanol–water partition coefficient (Wildman–Crippen LogP) is 4.12. The topological polar surface area (TPSA) is 30.5 Å². The van der Waals surface area contributed by atoms with Crippen molar-refractivity contribution in [2.75, 3.05) is 20.8 Å². The Morgan fingerprint density at radius 2 is 2.05 bits per heavy atom. The van der Waals surface area contributed by atoms with Gasteiger partial charge in [-0.25, -0.2) is 0 Å². The lowest BCUT2D eigenvalue weighted by Gasteiger charge is -2.20. The maximum atomic E-state index is 6.29. The van der Waals surface area contributed by atoms with Crippen molar-refractivity contribution in [3.8, 4) is 11.5 Å². The minimum absolute atomic E-state index is 0.101. The van der Waals surface area contributed by atoms with E-state index in [1.807, 2.05) is 12.1 Å². The van der Waals surface area contributed by atoms with Gasteiger partial charge in [0.05, 0.1) is 25.3 Å². The molecule has 0 bridgehead atoms. The summed E-state index contributed by atoms with van der Waals surface area (Å²) >= 11 is 7.97. The Morgan fingerprint density at radius 1 is 1.25 bits per heavy atom. The van der Waals surface area contributed by atoms with E-state index < -0.39 is 0 Å². The van der Waals surface area contributed by atoms with Crippen LogP contribution in [0.25, 0.3) is 0 Å². The second kappa shape index (κ2) is 6.97. The maximum Gasteiger partial charge on any atom is 0.179 e. The van der Waals surface area contributed by atoms with Crippen molar-refractivity contribution in [1.82, 2.24) is 5.32 Å². The molecule has 3 nitrogen and oxygen atoms in total. The number of hydrogen-bond acceptors (Lipinski definition) is 4. The molecule has 1 atom stereocenters. The number of rotatable bonds is 6. The summed E-state index contributed by atoms with van der Waals surface area (Å²) in [7, 11) is 3.20. The first-order valence-corrected chi connectivity index (χ1v) is 7.70. The zero-order valence-corrected chi connectivity index (χ0v) is 13.3. The van der Waals surface area contributed by atoms with Crippen LogP contribution in [0.1, 0.15) is 24.1 Å². The Bertz CT molecular complexity index is 557. The summed E-state index contributed by atoms with van der Waals surface area (Å²) in [5.41, 5.74) is 2.29. The molecule has 5 heteroatoms. The molecule has 108 valence electrons. The molecule has 0 amide bonds. The summed E-state index contributed by atoms with van der Waals surface area (Å²) in [6.07, 6.45) is 0. The lowest BCUT2D eigenvalue weighted by atomic mass is 10.0. The first-order valence-electron chi connectivity index (χ1n) is 6.38. The summed E-state index contributed by atoms with van der Waals surface area (Å²) in [5, 5.41) is 8.23. The monoisotopic (exact) mass is 311 g/mol. The molecule has 0 fully saturated rings. The van der Waals surface area contributed by atoms with E-state index >= 15 is 0 Å². The zero-order valence-electron chi connectivity index (χ0n) is 11.8. The highest BCUT2D eigenvalue weighted by Crippen LogP contribution is 2.39. The molecule has 2 rings (SSSR count). The van der Waals surface area contributed by atoms with Crippen molar-refractivity contribution in [3.05, 3.63) is 45.1 Å². The van der Waals surface area contributed by atoms with Crippen LogP contribution in [-0.2, 0) is 0 Å². The number of benzene rings is 1. The molecule has 1 unspecified atom stereocenters. The van der Waals surface area contributed by atoms with E-state index in [2.05, 4.69) is 29.1 Å². The molecule has 0 saturated carbocycles. The molecular weight excluding hydrogens is 294 g/mol. The van der Waals surface area contributed by atoms with Crippen LogP contribution in [0.3, 0.4) is 0 Å². The third kappa shape index (κ3) is 3.08. The van der Waals surface area contributed by atoms with Gasteiger partial charge in [0.25, 0.3) is 0 Å². The third-order valence-electron chi connectivity index (χ3n) is 3.07. The second-order valence-corrected chi connectivity index (χ2v) is 5.47. The fourth-order valence-corrected chi connectivity index (χ4v) is 3.16. The first kappa shape index (κ1) is 15.2. The Hall–Kier alpha value is -1.23. The molecule has 0 aliphatic rings. The number of ether oxygens (including phenoxy) is 2. The van der Waals surface area contributed by atoms with Crippen molar-refractivity contribution in [2.24, 2.45) is 0 Å². The lowest BCUT2D eigenvalue weighted by molar-refractivity contribution is 0.354. The predicted molar refractivity (Wildman–Crippen MR) is 84.4 cm³/mol. The van der Waals surface area contributed by atoms with Crippen LogP contribution < -0.4 is 14.8 Å². The van der Waals surface area contributed by atoms with Crippen molar-refractivity contribution < 1.29 is 9.47 Å². The lowest BCUT2D eigenvalue weighted by Crippen LogP contribution is -2.21. The van der Waals surface area contributed by atoms with Gasteiger partial charge in [0, 0.05) is 0 Å². The van der Waals surface area contributed by atoms with Crippen LogP contribution in [0.4, 0.5) is 0 Å².